The third kappa shape index (κ3) is 4.13. The van der Waals surface area contributed by atoms with Crippen molar-refractivity contribution in [3.8, 4) is 5.75 Å². The smallest absolute Gasteiger partial charge is 0.119 e. The van der Waals surface area contributed by atoms with Gasteiger partial charge in [-0.05, 0) is 43.4 Å². The number of aromatic nitrogens is 3. The number of aliphatic hydroxyl groups excluding tert-OH is 1. The molecule has 1 fully saturated rings. The molecular formula is C18H26N4O2. The normalized spacial score (nSPS) is 21.2. The number of hydrogen-bond donors (Lipinski definition) is 1. The summed E-state index contributed by atoms with van der Waals surface area (Å²) in [6.45, 7) is 1.66. The molecule has 0 aliphatic heterocycles. The Morgan fingerprint density at radius 1 is 1.25 bits per heavy atom. The zero-order chi connectivity index (χ0) is 16.9. The third-order valence-electron chi connectivity index (χ3n) is 4.88. The Kier molecular flexibility index (Phi) is 5.48. The van der Waals surface area contributed by atoms with Gasteiger partial charge in [-0.15, -0.1) is 5.10 Å². The van der Waals surface area contributed by atoms with Crippen molar-refractivity contribution >= 4 is 0 Å². The van der Waals surface area contributed by atoms with Crippen LogP contribution in [0.1, 0.15) is 36.9 Å². The molecule has 1 aliphatic rings. The van der Waals surface area contributed by atoms with Gasteiger partial charge in [0.15, 0.2) is 0 Å². The predicted octanol–water partition coefficient (Wildman–Crippen LogP) is 2.13. The molecule has 6 nitrogen and oxygen atoms in total. The minimum atomic E-state index is -0.140. The molecule has 1 saturated carbocycles. The zero-order valence-corrected chi connectivity index (χ0v) is 14.4. The van der Waals surface area contributed by atoms with Crippen LogP contribution in [0.15, 0.2) is 30.5 Å². The van der Waals surface area contributed by atoms with Crippen LogP contribution in [-0.4, -0.2) is 44.3 Å². The van der Waals surface area contributed by atoms with Crippen molar-refractivity contribution in [2.24, 2.45) is 7.05 Å². The number of ether oxygens (including phenoxy) is 1. The Morgan fingerprint density at radius 2 is 2.04 bits per heavy atom. The number of rotatable bonds is 6. The average molecular weight is 330 g/mol. The fourth-order valence-electron chi connectivity index (χ4n) is 3.40. The van der Waals surface area contributed by atoms with E-state index in [1.54, 1.807) is 7.11 Å². The molecule has 0 spiro atoms. The van der Waals surface area contributed by atoms with E-state index in [4.69, 9.17) is 4.74 Å². The first-order chi connectivity index (χ1) is 11.7. The molecular weight excluding hydrogens is 304 g/mol. The number of methoxy groups -OCH3 is 1. The quantitative estimate of drug-likeness (QED) is 0.879. The molecule has 1 aromatic carbocycles. The van der Waals surface area contributed by atoms with Gasteiger partial charge in [0.05, 0.1) is 25.1 Å². The highest BCUT2D eigenvalue weighted by atomic mass is 16.5. The minimum Gasteiger partial charge on any atom is -0.497 e. The van der Waals surface area contributed by atoms with Crippen LogP contribution >= 0.6 is 0 Å². The average Bonchev–Trinajstić information content (AvgIpc) is 3.00. The SMILES string of the molecule is COc1cccc(CN(Cc2cnnn2C)C2CCC(O)CC2)c1. The first-order valence-electron chi connectivity index (χ1n) is 8.54. The van der Waals surface area contributed by atoms with Crippen molar-refractivity contribution in [3.63, 3.8) is 0 Å². The summed E-state index contributed by atoms with van der Waals surface area (Å²) in [6.07, 6.45) is 5.49. The van der Waals surface area contributed by atoms with E-state index in [0.29, 0.717) is 6.04 Å². The summed E-state index contributed by atoms with van der Waals surface area (Å²) in [4.78, 5) is 2.47. The van der Waals surface area contributed by atoms with E-state index < -0.39 is 0 Å². The molecule has 24 heavy (non-hydrogen) atoms. The molecule has 2 aromatic rings. The lowest BCUT2D eigenvalue weighted by Gasteiger charge is -2.35. The molecule has 0 bridgehead atoms. The van der Waals surface area contributed by atoms with Crippen LogP contribution in [0.2, 0.25) is 0 Å². The summed E-state index contributed by atoms with van der Waals surface area (Å²) in [5.41, 5.74) is 2.33. The Morgan fingerprint density at radius 3 is 2.71 bits per heavy atom. The topological polar surface area (TPSA) is 63.4 Å². The number of hydrogen-bond acceptors (Lipinski definition) is 5. The van der Waals surface area contributed by atoms with E-state index in [1.807, 2.05) is 30.1 Å². The second kappa shape index (κ2) is 7.77. The Bertz CT molecular complexity index is 650. The van der Waals surface area contributed by atoms with E-state index in [2.05, 4.69) is 27.3 Å². The summed E-state index contributed by atoms with van der Waals surface area (Å²) < 4.78 is 7.17. The molecule has 0 unspecified atom stereocenters. The van der Waals surface area contributed by atoms with Gasteiger partial charge in [-0.25, -0.2) is 0 Å². The molecule has 0 amide bonds. The number of aliphatic hydroxyl groups is 1. The first-order valence-corrected chi connectivity index (χ1v) is 8.54. The molecule has 0 radical (unpaired) electrons. The summed E-state index contributed by atoms with van der Waals surface area (Å²) in [7, 11) is 3.62. The van der Waals surface area contributed by atoms with E-state index in [9.17, 15) is 5.11 Å². The van der Waals surface area contributed by atoms with Crippen molar-refractivity contribution in [1.82, 2.24) is 19.9 Å². The van der Waals surface area contributed by atoms with Crippen molar-refractivity contribution in [3.05, 3.63) is 41.7 Å². The highest BCUT2D eigenvalue weighted by Crippen LogP contribution is 2.26. The molecule has 130 valence electrons. The van der Waals surface area contributed by atoms with Crippen LogP contribution < -0.4 is 4.74 Å². The second-order valence-corrected chi connectivity index (χ2v) is 6.57. The number of aryl methyl sites for hydroxylation is 1. The van der Waals surface area contributed by atoms with Crippen LogP contribution in [0.4, 0.5) is 0 Å². The van der Waals surface area contributed by atoms with Crippen LogP contribution in [0.5, 0.6) is 5.75 Å². The molecule has 0 saturated heterocycles. The highest BCUT2D eigenvalue weighted by molar-refractivity contribution is 5.28. The summed E-state index contributed by atoms with van der Waals surface area (Å²) in [5, 5.41) is 17.8. The van der Waals surface area contributed by atoms with Gasteiger partial charge in [0.1, 0.15) is 5.75 Å². The van der Waals surface area contributed by atoms with Gasteiger partial charge in [-0.1, -0.05) is 17.3 Å². The second-order valence-electron chi connectivity index (χ2n) is 6.57. The largest absolute Gasteiger partial charge is 0.497 e. The summed E-state index contributed by atoms with van der Waals surface area (Å²) >= 11 is 0. The van der Waals surface area contributed by atoms with Crippen molar-refractivity contribution < 1.29 is 9.84 Å². The molecule has 1 heterocycles. The molecule has 6 heteroatoms. The van der Waals surface area contributed by atoms with Gasteiger partial charge in [0, 0.05) is 26.2 Å². The van der Waals surface area contributed by atoms with Gasteiger partial charge >= 0.3 is 0 Å². The first kappa shape index (κ1) is 16.9. The van der Waals surface area contributed by atoms with Crippen molar-refractivity contribution in [2.45, 2.75) is 50.9 Å². The van der Waals surface area contributed by atoms with E-state index in [0.717, 1.165) is 50.2 Å². The van der Waals surface area contributed by atoms with Gasteiger partial charge in [0.25, 0.3) is 0 Å². The maximum absolute atomic E-state index is 9.81. The highest BCUT2D eigenvalue weighted by Gasteiger charge is 2.25. The minimum absolute atomic E-state index is 0.140. The lowest BCUT2D eigenvalue weighted by Crippen LogP contribution is -2.38. The van der Waals surface area contributed by atoms with Crippen molar-refractivity contribution in [1.29, 1.82) is 0 Å². The van der Waals surface area contributed by atoms with Gasteiger partial charge < -0.3 is 9.84 Å². The lowest BCUT2D eigenvalue weighted by molar-refractivity contribution is 0.0654. The van der Waals surface area contributed by atoms with Gasteiger partial charge in [-0.3, -0.25) is 9.58 Å². The Hall–Kier alpha value is -1.92. The third-order valence-corrected chi connectivity index (χ3v) is 4.88. The maximum atomic E-state index is 9.81. The number of nitrogens with zero attached hydrogens (tertiary/aromatic N) is 4. The summed E-state index contributed by atoms with van der Waals surface area (Å²) in [5.74, 6) is 0.883. The molecule has 1 aliphatic carbocycles. The van der Waals surface area contributed by atoms with Crippen molar-refractivity contribution in [2.75, 3.05) is 7.11 Å². The van der Waals surface area contributed by atoms with Crippen LogP contribution in [0.25, 0.3) is 0 Å². The zero-order valence-electron chi connectivity index (χ0n) is 14.4. The van der Waals surface area contributed by atoms with Gasteiger partial charge in [0.2, 0.25) is 0 Å². The monoisotopic (exact) mass is 330 g/mol. The Balaban J connectivity index is 1.77. The van der Waals surface area contributed by atoms with E-state index >= 15 is 0 Å². The van der Waals surface area contributed by atoms with Crippen LogP contribution in [0.3, 0.4) is 0 Å². The standard InChI is InChI=1S/C18H26N4O2/c1-21-16(11-19-20-21)13-22(15-6-8-17(23)9-7-15)12-14-4-3-5-18(10-14)24-2/h3-5,10-11,15,17,23H,6-9,12-13H2,1-2H3. The molecule has 0 atom stereocenters. The maximum Gasteiger partial charge on any atom is 0.119 e. The lowest BCUT2D eigenvalue weighted by atomic mass is 9.91. The molecule has 3 rings (SSSR count). The molecule has 1 aromatic heterocycles. The fraction of sp³-hybridized carbons (Fsp3) is 0.556. The Labute approximate surface area is 143 Å². The summed E-state index contributed by atoms with van der Waals surface area (Å²) in [6, 6.07) is 8.69. The van der Waals surface area contributed by atoms with Gasteiger partial charge in [-0.2, -0.15) is 0 Å². The van der Waals surface area contributed by atoms with E-state index in [-0.39, 0.29) is 6.10 Å². The van der Waals surface area contributed by atoms with Crippen LogP contribution in [-0.2, 0) is 20.1 Å². The number of benzene rings is 1. The fourth-order valence-corrected chi connectivity index (χ4v) is 3.40. The predicted molar refractivity (Wildman–Crippen MR) is 91.5 cm³/mol. The van der Waals surface area contributed by atoms with E-state index in [1.165, 1.54) is 5.56 Å². The van der Waals surface area contributed by atoms with Crippen LogP contribution in [0, 0.1) is 0 Å². The molecule has 1 N–H and O–H groups in total.